The zero-order valence-corrected chi connectivity index (χ0v) is 44.0. The lowest BCUT2D eigenvalue weighted by Crippen LogP contribution is -2.34. The number of Topliss-reactive ketones (excluding diaryl/α,β-unsaturated/α-hetero) is 1. The van der Waals surface area contributed by atoms with Crippen molar-refractivity contribution < 1.29 is 100.0 Å². The number of ether oxygens (including phenoxy) is 3. The molecule has 0 radical (unpaired) electrons. The molecule has 1 fully saturated rings. The normalized spacial score (nSPS) is 17.5. The van der Waals surface area contributed by atoms with E-state index in [-0.39, 0.29) is 85.4 Å². The zero-order chi connectivity index (χ0) is 57.3. The summed E-state index contributed by atoms with van der Waals surface area (Å²) in [6.07, 6.45) is -5.26. The molecule has 4 unspecified atom stereocenters. The summed E-state index contributed by atoms with van der Waals surface area (Å²) in [6.45, 7) is -0.890. The Kier molecular flexibility index (Phi) is 17.8. The number of aliphatic hydroxyl groups excluding tert-OH is 2. The van der Waals surface area contributed by atoms with Crippen molar-refractivity contribution in [3.8, 4) is 45.8 Å². The number of aromatic nitrogens is 2. The first-order valence-corrected chi connectivity index (χ1v) is 27.3. The fourth-order valence-electron chi connectivity index (χ4n) is 8.02. The highest BCUT2D eigenvalue weighted by Crippen LogP contribution is 2.66. The number of nitro benzene ring substituents is 1. The number of aliphatic hydroxyl groups is 2. The van der Waals surface area contributed by atoms with E-state index in [0.29, 0.717) is 0 Å². The SMILES string of the molecule is COc1cc2c(-c3cc(C(=O)CCC#Cc4ccc(C(C)OCc5cn([C@H]6CC(O)[C@@H](COP(=O)(O)OP(=O)(O)OP(=O)(O)O)O6)c(=O)[nH]c5=O)c([N+](=O)[O-])c4)ccc3C(=O)O)c3cc(CO)c(O)c(Cl)c3oc-2c(Cl)c1=O. The molecule has 0 spiro atoms. The van der Waals surface area contributed by atoms with Crippen molar-refractivity contribution in [1.82, 2.24) is 9.55 Å². The number of phenols is 1. The van der Waals surface area contributed by atoms with Crippen LogP contribution in [0.4, 0.5) is 5.69 Å². The Balaban J connectivity index is 1.05. The number of hydrogen-bond donors (Lipinski definition) is 9. The number of ketones is 1. The van der Waals surface area contributed by atoms with Crippen LogP contribution >= 0.6 is 46.7 Å². The van der Waals surface area contributed by atoms with Crippen molar-refractivity contribution in [2.75, 3.05) is 13.7 Å². The van der Waals surface area contributed by atoms with Gasteiger partial charge in [-0.1, -0.05) is 41.1 Å². The van der Waals surface area contributed by atoms with E-state index in [1.807, 2.05) is 4.98 Å². The number of nitrogens with one attached hydrogen (secondary N) is 1. The highest BCUT2D eigenvalue weighted by molar-refractivity contribution is 7.66. The van der Waals surface area contributed by atoms with Crippen molar-refractivity contribution in [1.29, 1.82) is 0 Å². The van der Waals surface area contributed by atoms with Crippen LogP contribution in [0.25, 0.3) is 33.4 Å². The molecule has 6 atom stereocenters. The summed E-state index contributed by atoms with van der Waals surface area (Å²) < 4.78 is 69.7. The molecule has 4 aromatic rings. The highest BCUT2D eigenvalue weighted by Gasteiger charge is 2.43. The molecule has 9 N–H and O–H groups in total. The number of aromatic hydroxyl groups is 1. The average molecular weight is 1190 g/mol. The number of phosphoric acid groups is 3. The van der Waals surface area contributed by atoms with Crippen LogP contribution in [0.3, 0.4) is 0 Å². The van der Waals surface area contributed by atoms with Gasteiger partial charge in [0.2, 0.25) is 5.43 Å². The number of carboxylic acid groups (broad SMARTS) is 1. The summed E-state index contributed by atoms with van der Waals surface area (Å²) in [5, 5.41) is 53.1. The maximum atomic E-state index is 13.7. The van der Waals surface area contributed by atoms with Gasteiger partial charge in [0.15, 0.2) is 22.9 Å². The molecule has 3 heterocycles. The minimum atomic E-state index is -5.85. The number of aromatic amines is 1. The summed E-state index contributed by atoms with van der Waals surface area (Å²) in [4.78, 5) is 115. The number of nitrogens with zero attached hydrogens (tertiary/aromatic N) is 2. The number of halogens is 2. The number of nitro groups is 1. The smallest absolute Gasteiger partial charge is 0.490 e. The van der Waals surface area contributed by atoms with Gasteiger partial charge in [-0.3, -0.25) is 38.6 Å². The fourth-order valence-corrected chi connectivity index (χ4v) is 11.5. The molecule has 28 nitrogen and oxygen atoms in total. The van der Waals surface area contributed by atoms with Crippen LogP contribution in [0.1, 0.15) is 81.5 Å². The van der Waals surface area contributed by atoms with Crippen molar-refractivity contribution >= 4 is 75.1 Å². The van der Waals surface area contributed by atoms with Gasteiger partial charge in [0, 0.05) is 64.7 Å². The van der Waals surface area contributed by atoms with Crippen molar-refractivity contribution in [3.05, 3.63) is 139 Å². The first kappa shape index (κ1) is 59.2. The van der Waals surface area contributed by atoms with Gasteiger partial charge in [-0.2, -0.15) is 8.62 Å². The summed E-state index contributed by atoms with van der Waals surface area (Å²) in [5.74, 6) is 2.52. The number of methoxy groups -OCH3 is 1. The number of carbonyl (C=O) groups is 2. The number of rotatable bonds is 20. The van der Waals surface area contributed by atoms with Gasteiger partial charge in [0.1, 0.15) is 28.1 Å². The van der Waals surface area contributed by atoms with Gasteiger partial charge in [-0.25, -0.2) is 23.3 Å². The second kappa shape index (κ2) is 23.5. The van der Waals surface area contributed by atoms with Crippen molar-refractivity contribution in [3.63, 3.8) is 0 Å². The maximum Gasteiger partial charge on any atom is 0.490 e. The van der Waals surface area contributed by atoms with E-state index in [9.17, 15) is 78.0 Å². The second-order valence-electron chi connectivity index (χ2n) is 16.7. The summed E-state index contributed by atoms with van der Waals surface area (Å²) in [5.41, 5.74) is -3.87. The van der Waals surface area contributed by atoms with Gasteiger partial charge in [0.25, 0.3) is 11.2 Å². The molecule has 7 rings (SSSR count). The minimum absolute atomic E-state index is 0.00682. The lowest BCUT2D eigenvalue weighted by Gasteiger charge is -2.20. The monoisotopic (exact) mass is 1190 g/mol. The summed E-state index contributed by atoms with van der Waals surface area (Å²) >= 11 is 12.9. The number of phosphoric ester groups is 1. The van der Waals surface area contributed by atoms with Gasteiger partial charge in [-0.05, 0) is 48.9 Å². The van der Waals surface area contributed by atoms with Crippen LogP contribution in [0.5, 0.6) is 11.5 Å². The first-order chi connectivity index (χ1) is 36.5. The van der Waals surface area contributed by atoms with Crippen molar-refractivity contribution in [2.45, 2.75) is 63.9 Å². The Morgan fingerprint density at radius 2 is 1.71 bits per heavy atom. The number of fused-ring (bicyclic) bond motifs is 2. The quantitative estimate of drug-likeness (QED) is 0.0109. The number of aromatic carboxylic acids is 1. The van der Waals surface area contributed by atoms with Crippen LogP contribution in [0.2, 0.25) is 10.0 Å². The number of carboxylic acids is 1. The molecule has 33 heteroatoms. The Bertz CT molecular complexity index is 3790. The number of benzene rings is 4. The van der Waals surface area contributed by atoms with Gasteiger partial charge in [0.05, 0.1) is 60.8 Å². The predicted octanol–water partition coefficient (Wildman–Crippen LogP) is 5.82. The lowest BCUT2D eigenvalue weighted by atomic mass is 9.88. The maximum absolute atomic E-state index is 13.7. The Morgan fingerprint density at radius 3 is 2.36 bits per heavy atom. The molecule has 78 heavy (non-hydrogen) atoms. The second-order valence-corrected chi connectivity index (χ2v) is 21.9. The van der Waals surface area contributed by atoms with Gasteiger partial charge >= 0.3 is 35.1 Å². The number of carbonyl (C=O) groups excluding carboxylic acids is 1. The minimum Gasteiger partial charge on any atom is -0.506 e. The zero-order valence-electron chi connectivity index (χ0n) is 39.8. The van der Waals surface area contributed by atoms with E-state index in [1.165, 1.54) is 56.5 Å². The molecular weight excluding hydrogens is 1150 g/mol. The molecule has 2 aliphatic heterocycles. The molecule has 3 aromatic carbocycles. The molecule has 0 amide bonds. The Morgan fingerprint density at radius 1 is 0.987 bits per heavy atom. The predicted molar refractivity (Wildman–Crippen MR) is 268 cm³/mol. The lowest BCUT2D eigenvalue weighted by molar-refractivity contribution is -0.386. The molecule has 0 bridgehead atoms. The molecule has 0 saturated carbocycles. The fraction of sp³-hybridized carbons (Fsp3) is 0.267. The van der Waals surface area contributed by atoms with E-state index in [4.69, 9.17) is 51.6 Å². The largest absolute Gasteiger partial charge is 0.506 e. The molecule has 1 aliphatic carbocycles. The Hall–Kier alpha value is -6.44. The summed E-state index contributed by atoms with van der Waals surface area (Å²) in [6, 6.07) is 10.2. The molecular formula is C45H40Cl2N3O25P3. The third-order valence-corrected chi connectivity index (χ3v) is 16.1. The summed E-state index contributed by atoms with van der Waals surface area (Å²) in [7, 11) is -15.9. The third kappa shape index (κ3) is 13.2. The van der Waals surface area contributed by atoms with Gasteiger partial charge in [-0.15, -0.1) is 0 Å². The van der Waals surface area contributed by atoms with E-state index in [0.717, 1.165) is 16.8 Å². The van der Waals surface area contributed by atoms with E-state index in [1.54, 1.807) is 0 Å². The van der Waals surface area contributed by atoms with Crippen LogP contribution < -0.4 is 21.4 Å². The average Bonchev–Trinajstić information content (AvgIpc) is 3.76. The van der Waals surface area contributed by atoms with E-state index >= 15 is 0 Å². The number of hydrogen-bond acceptors (Lipinski definition) is 20. The van der Waals surface area contributed by atoms with E-state index < -0.39 is 129 Å². The van der Waals surface area contributed by atoms with Crippen LogP contribution in [0.15, 0.2) is 73.5 Å². The van der Waals surface area contributed by atoms with Gasteiger partial charge < -0.3 is 58.6 Å². The topological polar surface area (TPSA) is 431 Å². The standard InChI is InChI=1S/C45H40Cl2N3O25P3/c1-20(70-18-24-16-49(45(59)48-43(24)56)35-15-32(53)34(72-35)19-71-77(65,66)75-78(67,68)74-76(62,63)64)25-9-7-21(11-30(25)50(60)61)5-3-4-6-31(52)22-8-10-26(44(57)58)27(12-22)36-28-13-23(17-51)39(54)37(46)41(28)73-42-29(36)14-33(69-2)40(55)38(42)47/h7-14,16,20,32,34-35,51,53-54H,4,6,15,17-19H2,1-2H3,(H,57,58)(H,65,66)(H,67,68)(H,48,56,59)(H2,62,63,64)/t20?,32?,34-,35-/m1/s1. The Labute approximate surface area is 445 Å². The van der Waals surface area contributed by atoms with E-state index in [2.05, 4.69) is 25.0 Å². The number of H-pyrrole nitrogens is 1. The molecule has 1 saturated heterocycles. The van der Waals surface area contributed by atoms with Crippen LogP contribution in [-0.2, 0) is 49.5 Å². The molecule has 414 valence electrons. The highest BCUT2D eigenvalue weighted by atomic mass is 35.5. The van der Waals surface area contributed by atoms with Crippen molar-refractivity contribution in [2.24, 2.45) is 0 Å². The first-order valence-electron chi connectivity index (χ1n) is 22.1. The van der Waals surface area contributed by atoms with Crippen LogP contribution in [-0.4, -0.2) is 92.2 Å². The third-order valence-electron chi connectivity index (χ3n) is 11.6. The molecule has 3 aliphatic rings. The van der Waals surface area contributed by atoms with Crippen LogP contribution in [0, 0.1) is 22.0 Å². The molecule has 1 aromatic heterocycles.